The first-order valence-electron chi connectivity index (χ1n) is 15.6. The van der Waals surface area contributed by atoms with Crippen LogP contribution in [0, 0.1) is 0 Å². The molecule has 1 atom stereocenters. The molecular weight excluding hydrogens is 634 g/mol. The van der Waals surface area contributed by atoms with E-state index in [1.54, 1.807) is 54.7 Å². The summed E-state index contributed by atoms with van der Waals surface area (Å²) in [6, 6.07) is 16.7. The van der Waals surface area contributed by atoms with Gasteiger partial charge in [0.25, 0.3) is 16.0 Å². The molecule has 1 aromatic heterocycles. The molecule has 2 heterocycles. The predicted octanol–water partition coefficient (Wildman–Crippen LogP) is 5.29. The zero-order chi connectivity index (χ0) is 34.6. The molecule has 3 aromatic carbocycles. The summed E-state index contributed by atoms with van der Waals surface area (Å²) in [6.45, 7) is 9.57. The summed E-state index contributed by atoms with van der Waals surface area (Å²) < 4.78 is 46.9. The molecule has 12 nitrogen and oxygen atoms in total. The maximum Gasteiger partial charge on any atom is 0.323 e. The summed E-state index contributed by atoms with van der Waals surface area (Å²) >= 11 is 0. The highest BCUT2D eigenvalue weighted by Gasteiger charge is 2.29. The summed E-state index contributed by atoms with van der Waals surface area (Å²) in [5.74, 6) is -0.568. The van der Waals surface area contributed by atoms with Crippen molar-refractivity contribution in [2.75, 3.05) is 44.0 Å². The Kier molecular flexibility index (Phi) is 10.3. The van der Waals surface area contributed by atoms with Crippen molar-refractivity contribution in [2.24, 2.45) is 5.73 Å². The van der Waals surface area contributed by atoms with E-state index in [1.165, 1.54) is 7.11 Å². The molecule has 5 rings (SSSR count). The van der Waals surface area contributed by atoms with E-state index in [9.17, 15) is 22.6 Å². The first-order chi connectivity index (χ1) is 22.7. The maximum atomic E-state index is 13.4. The predicted molar refractivity (Wildman–Crippen MR) is 185 cm³/mol. The van der Waals surface area contributed by atoms with Crippen molar-refractivity contribution >= 4 is 44.2 Å². The highest BCUT2D eigenvalue weighted by Crippen LogP contribution is 2.37. The molecule has 1 aliphatic heterocycles. The number of nitrogens with zero attached hydrogens (tertiary/aromatic N) is 2. The number of ether oxygens (including phenoxy) is 2. The minimum atomic E-state index is -4.55. The molecule has 0 saturated carbocycles. The van der Waals surface area contributed by atoms with E-state index in [0.717, 1.165) is 24.3 Å². The molecule has 254 valence electrons. The second-order valence-electron chi connectivity index (χ2n) is 12.8. The lowest BCUT2D eigenvalue weighted by molar-refractivity contribution is 0.0336. The quantitative estimate of drug-likeness (QED) is 0.163. The number of carbonyl (C=O) groups is 2. The lowest BCUT2D eigenvalue weighted by Crippen LogP contribution is -2.35. The maximum absolute atomic E-state index is 13.4. The van der Waals surface area contributed by atoms with Gasteiger partial charge in [-0.25, -0.2) is 4.79 Å². The number of pyridine rings is 1. The lowest BCUT2D eigenvalue weighted by atomic mass is 9.85. The Balaban J connectivity index is 1.41. The number of fused-ring (bicyclic) bond motifs is 1. The molecule has 1 unspecified atom stereocenters. The van der Waals surface area contributed by atoms with E-state index >= 15 is 0 Å². The van der Waals surface area contributed by atoms with Crippen molar-refractivity contribution in [1.29, 1.82) is 0 Å². The minimum absolute atomic E-state index is 0.00691. The van der Waals surface area contributed by atoms with Gasteiger partial charge < -0.3 is 25.8 Å². The van der Waals surface area contributed by atoms with Gasteiger partial charge in [-0.15, -0.1) is 0 Å². The van der Waals surface area contributed by atoms with Crippen LogP contribution in [0.25, 0.3) is 10.8 Å². The number of hydrogen-bond donors (Lipinski definition) is 4. The number of benzene rings is 3. The number of urea groups is 1. The number of anilines is 2. The van der Waals surface area contributed by atoms with Crippen LogP contribution in [0.1, 0.15) is 58.8 Å². The highest BCUT2D eigenvalue weighted by molar-refractivity contribution is 7.86. The molecule has 0 spiro atoms. The lowest BCUT2D eigenvalue weighted by Gasteiger charge is -2.26. The van der Waals surface area contributed by atoms with Gasteiger partial charge in [-0.05, 0) is 58.2 Å². The Bertz CT molecular complexity index is 1920. The van der Waals surface area contributed by atoms with Gasteiger partial charge in [-0.1, -0.05) is 57.2 Å². The second kappa shape index (κ2) is 14.3. The topological polar surface area (TPSA) is 173 Å². The standard InChI is InChI=1S/C35H41N5O7S/c1-35(2,3)23-18-28(33(36)41)32(46-4)30(19-23)39-34(42)38-29-12-11-27(25-7-5-6-8-26(25)29)31(48(43,44)45)17-22-9-10-24(37-20-22)21-40-13-15-47-16-14-40/h5-12,18-20,31H,13-17,21H2,1-4H3,(H2,36,41)(H2,38,39,42)(H,43,44,45). The van der Waals surface area contributed by atoms with Crippen molar-refractivity contribution in [3.63, 3.8) is 0 Å². The first kappa shape index (κ1) is 34.8. The normalized spacial score (nSPS) is 14.8. The van der Waals surface area contributed by atoms with Crippen molar-refractivity contribution in [3.8, 4) is 5.75 Å². The fraction of sp³-hybridized carbons (Fsp3) is 0.343. The number of primary amides is 1. The van der Waals surface area contributed by atoms with Crippen LogP contribution in [0.3, 0.4) is 0 Å². The number of nitrogens with one attached hydrogen (secondary N) is 2. The Morgan fingerprint density at radius 1 is 1.02 bits per heavy atom. The summed E-state index contributed by atoms with van der Waals surface area (Å²) in [5, 5.41) is 5.42. The van der Waals surface area contributed by atoms with E-state index in [4.69, 9.17) is 15.2 Å². The van der Waals surface area contributed by atoms with Gasteiger partial charge in [0, 0.05) is 31.2 Å². The summed E-state index contributed by atoms with van der Waals surface area (Å²) in [4.78, 5) is 32.4. The minimum Gasteiger partial charge on any atom is -0.494 e. The largest absolute Gasteiger partial charge is 0.494 e. The van der Waals surface area contributed by atoms with Crippen molar-refractivity contribution in [1.82, 2.24) is 9.88 Å². The number of methoxy groups -OCH3 is 1. The van der Waals surface area contributed by atoms with Crippen LogP contribution in [0.15, 0.2) is 66.9 Å². The summed E-state index contributed by atoms with van der Waals surface area (Å²) in [6.07, 6.45) is 1.63. The Hall–Kier alpha value is -4.56. The van der Waals surface area contributed by atoms with Gasteiger partial charge in [0.2, 0.25) is 0 Å². The van der Waals surface area contributed by atoms with Crippen LogP contribution in [0.4, 0.5) is 16.2 Å². The van der Waals surface area contributed by atoms with Crippen LogP contribution >= 0.6 is 0 Å². The molecule has 1 fully saturated rings. The number of morpholine rings is 1. The molecule has 3 amide bonds. The van der Waals surface area contributed by atoms with Gasteiger partial charge in [-0.3, -0.25) is 19.2 Å². The van der Waals surface area contributed by atoms with E-state index in [0.29, 0.717) is 47.3 Å². The van der Waals surface area contributed by atoms with E-state index < -0.39 is 27.3 Å². The third-order valence-electron chi connectivity index (χ3n) is 8.38. The fourth-order valence-electron chi connectivity index (χ4n) is 5.79. The first-order valence-corrected chi connectivity index (χ1v) is 17.1. The van der Waals surface area contributed by atoms with Gasteiger partial charge >= 0.3 is 6.03 Å². The molecule has 1 aliphatic rings. The highest BCUT2D eigenvalue weighted by atomic mass is 32.2. The van der Waals surface area contributed by atoms with Gasteiger partial charge in [0.1, 0.15) is 5.25 Å². The Morgan fingerprint density at radius 2 is 1.71 bits per heavy atom. The molecule has 0 radical (unpaired) electrons. The summed E-state index contributed by atoms with van der Waals surface area (Å²) in [7, 11) is -3.17. The van der Waals surface area contributed by atoms with Gasteiger partial charge in [0.05, 0.1) is 43.0 Å². The van der Waals surface area contributed by atoms with E-state index in [2.05, 4.69) is 20.5 Å². The number of amides is 3. The molecular formula is C35H41N5O7S. The van der Waals surface area contributed by atoms with E-state index in [-0.39, 0.29) is 28.8 Å². The van der Waals surface area contributed by atoms with Crippen LogP contribution in [-0.2, 0) is 33.2 Å². The fourth-order valence-corrected chi connectivity index (χ4v) is 6.72. The molecule has 5 N–H and O–H groups in total. The average molecular weight is 676 g/mol. The Morgan fingerprint density at radius 3 is 2.31 bits per heavy atom. The van der Waals surface area contributed by atoms with Crippen LogP contribution < -0.4 is 21.1 Å². The monoisotopic (exact) mass is 675 g/mol. The third-order valence-corrected chi connectivity index (χ3v) is 9.52. The second-order valence-corrected chi connectivity index (χ2v) is 14.4. The zero-order valence-corrected chi connectivity index (χ0v) is 28.3. The number of nitrogens with two attached hydrogens (primary N) is 1. The molecule has 48 heavy (non-hydrogen) atoms. The Labute approximate surface area is 280 Å². The average Bonchev–Trinajstić information content (AvgIpc) is 3.04. The van der Waals surface area contributed by atoms with Crippen LogP contribution in [0.2, 0.25) is 0 Å². The van der Waals surface area contributed by atoms with Gasteiger partial charge in [0.15, 0.2) is 5.75 Å². The van der Waals surface area contributed by atoms with Crippen molar-refractivity contribution in [2.45, 2.75) is 44.4 Å². The smallest absolute Gasteiger partial charge is 0.323 e. The van der Waals surface area contributed by atoms with Crippen LogP contribution in [0.5, 0.6) is 5.75 Å². The molecule has 13 heteroatoms. The SMILES string of the molecule is COc1c(NC(=O)Nc2ccc(C(Cc3ccc(CN4CCOCC4)nc3)S(=O)(=O)O)c3ccccc23)cc(C(C)(C)C)cc1C(N)=O. The number of carbonyl (C=O) groups excluding carboxylic acids is 2. The van der Waals surface area contributed by atoms with Crippen LogP contribution in [-0.4, -0.2) is 68.2 Å². The van der Waals surface area contributed by atoms with Crippen molar-refractivity contribution < 1.29 is 32.0 Å². The molecule has 1 saturated heterocycles. The van der Waals surface area contributed by atoms with Gasteiger partial charge in [-0.2, -0.15) is 8.42 Å². The molecule has 0 aliphatic carbocycles. The molecule has 0 bridgehead atoms. The number of aromatic nitrogens is 1. The number of rotatable bonds is 10. The zero-order valence-electron chi connectivity index (χ0n) is 27.4. The third kappa shape index (κ3) is 8.11. The number of hydrogen-bond acceptors (Lipinski definition) is 8. The van der Waals surface area contributed by atoms with Crippen molar-refractivity contribution in [3.05, 3.63) is 94.8 Å². The summed E-state index contributed by atoms with van der Waals surface area (Å²) in [5.41, 5.74) is 8.71. The molecule has 4 aromatic rings. The van der Waals surface area contributed by atoms with E-state index in [1.807, 2.05) is 32.9 Å².